The highest BCUT2D eigenvalue weighted by molar-refractivity contribution is 5.83. The first-order chi connectivity index (χ1) is 14.1. The van der Waals surface area contributed by atoms with Crippen LogP contribution in [0.2, 0.25) is 0 Å². The molecule has 0 N–H and O–H groups in total. The number of benzene rings is 2. The van der Waals surface area contributed by atoms with Gasteiger partial charge >= 0.3 is 5.97 Å². The molecular formula is C22H28O7. The molecule has 0 aliphatic rings. The minimum absolute atomic E-state index is 0.0455. The maximum Gasteiger partial charge on any atom is 0.310 e. The zero-order valence-corrected chi connectivity index (χ0v) is 17.6. The number of methoxy groups -OCH3 is 4. The van der Waals surface area contributed by atoms with Gasteiger partial charge in [-0.3, -0.25) is 4.79 Å². The largest absolute Gasteiger partial charge is 0.497 e. The van der Waals surface area contributed by atoms with Crippen LogP contribution in [0.25, 0.3) is 11.1 Å². The number of hydrogen-bond donors (Lipinski definition) is 0. The lowest BCUT2D eigenvalue weighted by molar-refractivity contribution is -0.139. The van der Waals surface area contributed by atoms with Gasteiger partial charge in [0.25, 0.3) is 0 Å². The van der Waals surface area contributed by atoms with Gasteiger partial charge < -0.3 is 28.4 Å². The summed E-state index contributed by atoms with van der Waals surface area (Å²) in [5.74, 6) is 1.46. The van der Waals surface area contributed by atoms with Crippen LogP contribution < -0.4 is 14.2 Å². The molecule has 0 saturated heterocycles. The minimum Gasteiger partial charge on any atom is -0.497 e. The number of rotatable bonds is 11. The SMILES string of the molecule is CCc1c(OCOC)cc(OCOC)c(-c2cccc(OC)c2)c1CC(=O)OC. The van der Waals surface area contributed by atoms with Crippen molar-refractivity contribution in [2.45, 2.75) is 19.8 Å². The Hall–Kier alpha value is -2.77. The monoisotopic (exact) mass is 404 g/mol. The van der Waals surface area contributed by atoms with Crippen LogP contribution in [0.15, 0.2) is 30.3 Å². The lowest BCUT2D eigenvalue weighted by Crippen LogP contribution is -2.12. The second-order valence-corrected chi connectivity index (χ2v) is 6.15. The smallest absolute Gasteiger partial charge is 0.310 e. The number of carbonyl (C=O) groups is 1. The first-order valence-corrected chi connectivity index (χ1v) is 9.22. The third kappa shape index (κ3) is 5.62. The number of carbonyl (C=O) groups excluding carboxylic acids is 1. The first kappa shape index (κ1) is 22.5. The van der Waals surface area contributed by atoms with Gasteiger partial charge in [-0.05, 0) is 35.2 Å². The summed E-state index contributed by atoms with van der Waals surface area (Å²) < 4.78 is 32.1. The second kappa shape index (κ2) is 11.3. The molecule has 0 aliphatic heterocycles. The molecule has 0 heterocycles. The van der Waals surface area contributed by atoms with Crippen LogP contribution in [0, 0.1) is 0 Å². The predicted octanol–water partition coefficient (Wildman–Crippen LogP) is 3.61. The lowest BCUT2D eigenvalue weighted by Gasteiger charge is -2.22. The topological polar surface area (TPSA) is 72.5 Å². The highest BCUT2D eigenvalue weighted by atomic mass is 16.7. The maximum atomic E-state index is 12.2. The van der Waals surface area contributed by atoms with Gasteiger partial charge in [0.15, 0.2) is 13.6 Å². The average Bonchev–Trinajstić information content (AvgIpc) is 2.75. The van der Waals surface area contributed by atoms with Gasteiger partial charge in [-0.15, -0.1) is 0 Å². The molecule has 158 valence electrons. The molecule has 2 aromatic rings. The minimum atomic E-state index is -0.356. The van der Waals surface area contributed by atoms with E-state index in [2.05, 4.69) is 0 Å². The van der Waals surface area contributed by atoms with E-state index >= 15 is 0 Å². The molecule has 0 atom stereocenters. The van der Waals surface area contributed by atoms with Gasteiger partial charge in [-0.1, -0.05) is 19.1 Å². The van der Waals surface area contributed by atoms with Gasteiger partial charge in [-0.25, -0.2) is 0 Å². The predicted molar refractivity (Wildman–Crippen MR) is 109 cm³/mol. The highest BCUT2D eigenvalue weighted by Crippen LogP contribution is 2.42. The molecule has 7 nitrogen and oxygen atoms in total. The quantitative estimate of drug-likeness (QED) is 0.418. The van der Waals surface area contributed by atoms with E-state index in [0.29, 0.717) is 23.7 Å². The van der Waals surface area contributed by atoms with Crippen LogP contribution in [0.5, 0.6) is 17.2 Å². The molecule has 2 rings (SSSR count). The maximum absolute atomic E-state index is 12.2. The summed E-state index contributed by atoms with van der Waals surface area (Å²) in [5.41, 5.74) is 3.28. The second-order valence-electron chi connectivity index (χ2n) is 6.15. The molecule has 0 fully saturated rings. The Morgan fingerprint density at radius 2 is 1.59 bits per heavy atom. The average molecular weight is 404 g/mol. The first-order valence-electron chi connectivity index (χ1n) is 9.22. The fraction of sp³-hybridized carbons (Fsp3) is 0.409. The van der Waals surface area contributed by atoms with Gasteiger partial charge in [0.2, 0.25) is 0 Å². The Bertz CT molecular complexity index is 817. The summed E-state index contributed by atoms with van der Waals surface area (Å²) in [5, 5.41) is 0. The van der Waals surface area contributed by atoms with Crippen LogP contribution in [-0.4, -0.2) is 48.0 Å². The third-order valence-electron chi connectivity index (χ3n) is 4.40. The van der Waals surface area contributed by atoms with E-state index in [1.807, 2.05) is 31.2 Å². The molecule has 0 aromatic heterocycles. The van der Waals surface area contributed by atoms with E-state index in [1.165, 1.54) is 7.11 Å². The Kier molecular flexibility index (Phi) is 8.76. The molecule has 0 unspecified atom stereocenters. The summed E-state index contributed by atoms with van der Waals surface area (Å²) in [6.07, 6.45) is 0.715. The highest BCUT2D eigenvalue weighted by Gasteiger charge is 2.23. The zero-order valence-electron chi connectivity index (χ0n) is 17.6. The molecule has 0 amide bonds. The van der Waals surface area contributed by atoms with Crippen LogP contribution in [0.1, 0.15) is 18.1 Å². The Morgan fingerprint density at radius 3 is 2.17 bits per heavy atom. The number of ether oxygens (including phenoxy) is 6. The van der Waals surface area contributed by atoms with E-state index in [9.17, 15) is 4.79 Å². The van der Waals surface area contributed by atoms with Crippen molar-refractivity contribution in [3.63, 3.8) is 0 Å². The van der Waals surface area contributed by atoms with Crippen molar-refractivity contribution in [1.29, 1.82) is 0 Å². The summed E-state index contributed by atoms with van der Waals surface area (Å²) >= 11 is 0. The van der Waals surface area contributed by atoms with Gasteiger partial charge in [0.1, 0.15) is 17.2 Å². The summed E-state index contributed by atoms with van der Waals surface area (Å²) in [6, 6.07) is 9.37. The Morgan fingerprint density at radius 1 is 0.897 bits per heavy atom. The van der Waals surface area contributed by atoms with Crippen molar-refractivity contribution in [2.75, 3.05) is 42.0 Å². The summed E-state index contributed by atoms with van der Waals surface area (Å²) in [7, 11) is 6.07. The van der Waals surface area contributed by atoms with Crippen LogP contribution >= 0.6 is 0 Å². The van der Waals surface area contributed by atoms with Gasteiger partial charge in [0.05, 0.1) is 20.6 Å². The fourth-order valence-electron chi connectivity index (χ4n) is 3.11. The van der Waals surface area contributed by atoms with E-state index in [-0.39, 0.29) is 26.0 Å². The molecule has 2 aromatic carbocycles. The van der Waals surface area contributed by atoms with E-state index in [0.717, 1.165) is 22.3 Å². The molecular weight excluding hydrogens is 376 g/mol. The third-order valence-corrected chi connectivity index (χ3v) is 4.40. The molecule has 0 spiro atoms. The van der Waals surface area contributed by atoms with Crippen molar-refractivity contribution >= 4 is 5.97 Å². The Labute approximate surface area is 171 Å². The molecule has 7 heteroatoms. The van der Waals surface area contributed by atoms with Crippen molar-refractivity contribution in [2.24, 2.45) is 0 Å². The van der Waals surface area contributed by atoms with Crippen LogP contribution in [0.4, 0.5) is 0 Å². The van der Waals surface area contributed by atoms with Crippen molar-refractivity contribution < 1.29 is 33.2 Å². The molecule has 0 aliphatic carbocycles. The number of esters is 1. The standard InChI is InChI=1S/C22H28O7/c1-6-17-18(11-21(23)27-5)22(15-8-7-9-16(10-15)26-4)20(29-14-25-3)12-19(17)28-13-24-2/h7-10,12H,6,11,13-14H2,1-5H3. The van der Waals surface area contributed by atoms with E-state index in [1.54, 1.807) is 27.4 Å². The van der Waals surface area contributed by atoms with E-state index in [4.69, 9.17) is 28.4 Å². The van der Waals surface area contributed by atoms with Crippen molar-refractivity contribution in [1.82, 2.24) is 0 Å². The van der Waals surface area contributed by atoms with E-state index < -0.39 is 0 Å². The molecule has 0 bridgehead atoms. The van der Waals surface area contributed by atoms with Gasteiger partial charge in [-0.2, -0.15) is 0 Å². The summed E-state index contributed by atoms with van der Waals surface area (Å²) in [6.45, 7) is 2.12. The van der Waals surface area contributed by atoms with Gasteiger partial charge in [0, 0.05) is 25.8 Å². The van der Waals surface area contributed by atoms with Crippen molar-refractivity contribution in [3.05, 3.63) is 41.5 Å². The fourth-order valence-corrected chi connectivity index (χ4v) is 3.11. The molecule has 0 radical (unpaired) electrons. The van der Waals surface area contributed by atoms with Crippen LogP contribution in [-0.2, 0) is 31.8 Å². The normalized spacial score (nSPS) is 10.5. The van der Waals surface area contributed by atoms with Crippen molar-refractivity contribution in [3.8, 4) is 28.4 Å². The van der Waals surface area contributed by atoms with Crippen LogP contribution in [0.3, 0.4) is 0 Å². The molecule has 0 saturated carbocycles. The summed E-state index contributed by atoms with van der Waals surface area (Å²) in [4.78, 5) is 12.2. The zero-order chi connectivity index (χ0) is 21.2. The Balaban J connectivity index is 2.77. The molecule has 29 heavy (non-hydrogen) atoms. The number of hydrogen-bond acceptors (Lipinski definition) is 7. The lowest BCUT2D eigenvalue weighted by atomic mass is 9.90.